The number of fused-ring (bicyclic) bond motifs is 1. The quantitative estimate of drug-likeness (QED) is 0.105. The molecule has 12 heteroatoms. The van der Waals surface area contributed by atoms with Crippen LogP contribution in [0.4, 0.5) is 13.6 Å². The number of Topliss-reactive ketones (excluding diaryl/α,β-unsaturated/α-hetero) is 2. The van der Waals surface area contributed by atoms with Crippen LogP contribution in [0.25, 0.3) is 20.8 Å². The monoisotopic (exact) mass is 727 g/mol. The Kier molecular flexibility index (Phi) is 10.8. The third kappa shape index (κ3) is 8.68. The molecule has 9 nitrogen and oxygen atoms in total. The van der Waals surface area contributed by atoms with E-state index in [1.807, 2.05) is 39.0 Å². The van der Waals surface area contributed by atoms with E-state index in [0.29, 0.717) is 65.3 Å². The summed E-state index contributed by atoms with van der Waals surface area (Å²) in [6.45, 7) is 6.48. The van der Waals surface area contributed by atoms with E-state index in [0.717, 1.165) is 10.4 Å². The predicted octanol–water partition coefficient (Wildman–Crippen LogP) is 8.52. The molecule has 1 fully saturated rings. The Balaban J connectivity index is 1.12. The van der Waals surface area contributed by atoms with Crippen molar-refractivity contribution < 1.29 is 37.4 Å². The maximum Gasteiger partial charge on any atom is 0.410 e. The number of halogens is 2. The third-order valence-electron chi connectivity index (χ3n) is 8.72. The highest BCUT2D eigenvalue weighted by molar-refractivity contribution is 7.22. The van der Waals surface area contributed by atoms with E-state index in [1.165, 1.54) is 35.6 Å². The molecule has 1 aliphatic rings. The Hall–Kier alpha value is -5.07. The Morgan fingerprint density at radius 3 is 2.19 bits per heavy atom. The van der Waals surface area contributed by atoms with E-state index < -0.39 is 28.7 Å². The van der Waals surface area contributed by atoms with E-state index >= 15 is 4.39 Å². The van der Waals surface area contributed by atoms with Crippen LogP contribution in [0.2, 0.25) is 0 Å². The lowest BCUT2D eigenvalue weighted by Crippen LogP contribution is -2.38. The number of nitrogens with zero attached hydrogens (tertiary/aromatic N) is 3. The van der Waals surface area contributed by atoms with Gasteiger partial charge in [-0.25, -0.2) is 13.6 Å². The zero-order chi connectivity index (χ0) is 37.0. The Bertz CT molecular complexity index is 2090. The number of pyridine rings is 2. The number of rotatable bonds is 14. The largest absolute Gasteiger partial charge is 0.453 e. The molecule has 5 aromatic rings. The van der Waals surface area contributed by atoms with E-state index in [4.69, 9.17) is 14.2 Å². The van der Waals surface area contributed by atoms with E-state index in [-0.39, 0.29) is 30.2 Å². The molecule has 0 N–H and O–H groups in total. The first-order chi connectivity index (χ1) is 24.8. The van der Waals surface area contributed by atoms with Crippen molar-refractivity contribution in [3.63, 3.8) is 0 Å². The molecule has 1 saturated carbocycles. The van der Waals surface area contributed by atoms with Gasteiger partial charge in [-0.3, -0.25) is 19.6 Å². The van der Waals surface area contributed by atoms with Gasteiger partial charge in [-0.05, 0) is 86.7 Å². The first-order valence-corrected chi connectivity index (χ1v) is 17.7. The van der Waals surface area contributed by atoms with Crippen molar-refractivity contribution in [2.45, 2.75) is 58.6 Å². The number of hydrogen-bond donors (Lipinski definition) is 0. The lowest BCUT2D eigenvalue weighted by atomic mass is 9.88. The molecule has 2 aromatic carbocycles. The average molecular weight is 728 g/mol. The maximum absolute atomic E-state index is 15.4. The summed E-state index contributed by atoms with van der Waals surface area (Å²) in [5.41, 5.74) is 1.56. The van der Waals surface area contributed by atoms with E-state index in [9.17, 15) is 18.8 Å². The Morgan fingerprint density at radius 1 is 0.865 bits per heavy atom. The Morgan fingerprint density at radius 2 is 1.56 bits per heavy atom. The smallest absolute Gasteiger partial charge is 0.410 e. The first-order valence-electron chi connectivity index (χ1n) is 16.9. The van der Waals surface area contributed by atoms with Crippen LogP contribution in [0.1, 0.15) is 50.3 Å². The number of ketones is 2. The summed E-state index contributed by atoms with van der Waals surface area (Å²) in [5.74, 6) is -1.08. The van der Waals surface area contributed by atoms with Gasteiger partial charge in [0.1, 0.15) is 17.2 Å². The van der Waals surface area contributed by atoms with Crippen molar-refractivity contribution in [3.05, 3.63) is 107 Å². The van der Waals surface area contributed by atoms with E-state index in [1.54, 1.807) is 48.7 Å². The minimum absolute atomic E-state index is 0.0161. The molecule has 1 amide bonds. The van der Waals surface area contributed by atoms with Crippen molar-refractivity contribution >= 4 is 39.2 Å². The second kappa shape index (κ2) is 15.3. The number of methoxy groups -OCH3 is 1. The molecule has 0 saturated heterocycles. The first kappa shape index (κ1) is 36.7. The fourth-order valence-corrected chi connectivity index (χ4v) is 6.82. The average Bonchev–Trinajstić information content (AvgIpc) is 3.81. The highest BCUT2D eigenvalue weighted by Gasteiger charge is 2.54. The summed E-state index contributed by atoms with van der Waals surface area (Å²) >= 11 is 1.40. The lowest BCUT2D eigenvalue weighted by molar-refractivity contribution is -0.133. The van der Waals surface area contributed by atoms with Gasteiger partial charge in [0.2, 0.25) is 0 Å². The number of ether oxygens (including phenoxy) is 3. The number of carbonyl (C=O) groups is 3. The van der Waals surface area contributed by atoms with Crippen molar-refractivity contribution in [1.82, 2.24) is 14.9 Å². The maximum atomic E-state index is 15.4. The van der Waals surface area contributed by atoms with Crippen LogP contribution in [-0.4, -0.2) is 58.4 Å². The van der Waals surface area contributed by atoms with Gasteiger partial charge in [-0.1, -0.05) is 24.3 Å². The van der Waals surface area contributed by atoms with Crippen molar-refractivity contribution in [1.29, 1.82) is 0 Å². The molecule has 6 rings (SSSR count). The Labute approximate surface area is 304 Å². The second-order valence-electron chi connectivity index (χ2n) is 13.9. The van der Waals surface area contributed by atoms with Gasteiger partial charge in [0.15, 0.2) is 23.1 Å². The molecule has 52 heavy (non-hydrogen) atoms. The lowest BCUT2D eigenvalue weighted by Gasteiger charge is -2.27. The summed E-state index contributed by atoms with van der Waals surface area (Å²) in [6, 6.07) is 17.3. The van der Waals surface area contributed by atoms with Gasteiger partial charge in [0.05, 0.1) is 39.4 Å². The molecule has 0 atom stereocenters. The zero-order valence-electron chi connectivity index (χ0n) is 29.4. The number of carbonyl (C=O) groups excluding carboxylic acids is 3. The van der Waals surface area contributed by atoms with Crippen LogP contribution < -0.4 is 4.74 Å². The summed E-state index contributed by atoms with van der Waals surface area (Å²) in [5, 5.41) is 0. The van der Waals surface area contributed by atoms with Gasteiger partial charge in [0, 0.05) is 45.0 Å². The SMILES string of the molecule is COCCN(Cc1ccc(-c2cc3nccc(Oc4ccc(CC(=O)C5(C(=O)Cc6ccc(F)cc6)CC5)cc4F)c3s2)nc1)C(=O)OC(C)(C)C. The number of benzene rings is 2. The summed E-state index contributed by atoms with van der Waals surface area (Å²) in [7, 11) is 1.58. The van der Waals surface area contributed by atoms with E-state index in [2.05, 4.69) is 9.97 Å². The molecule has 3 heterocycles. The molecule has 0 unspecified atom stereocenters. The topological polar surface area (TPSA) is 108 Å². The third-order valence-corrected chi connectivity index (χ3v) is 9.88. The molecule has 0 spiro atoms. The van der Waals surface area contributed by atoms with Crippen LogP contribution in [0.15, 0.2) is 79.1 Å². The van der Waals surface area contributed by atoms with Crippen LogP contribution in [0, 0.1) is 17.0 Å². The van der Waals surface area contributed by atoms with Crippen LogP contribution in [0.3, 0.4) is 0 Å². The number of hydrogen-bond acceptors (Lipinski definition) is 9. The van der Waals surface area contributed by atoms with Crippen LogP contribution in [0.5, 0.6) is 11.5 Å². The number of aromatic nitrogens is 2. The zero-order valence-corrected chi connectivity index (χ0v) is 30.2. The standard InChI is InChI=1S/C40H39F2N3O6S/c1-39(2,3)51-38(48)45(17-18-49-4)24-27-7-11-30(44-23-27)34-22-31-37(52-34)33(13-16-43-31)50-32-12-8-26(19-29(32)42)21-36(47)40(14-15-40)35(46)20-25-5-9-28(41)10-6-25/h5-13,16,19,22-23H,14-15,17-18,20-21,24H2,1-4H3. The molecule has 3 aromatic heterocycles. The highest BCUT2D eigenvalue weighted by atomic mass is 32.1. The van der Waals surface area contributed by atoms with Gasteiger partial charge in [-0.2, -0.15) is 0 Å². The minimum Gasteiger partial charge on any atom is -0.453 e. The van der Waals surface area contributed by atoms with Gasteiger partial charge in [-0.15, -0.1) is 11.3 Å². The molecular weight excluding hydrogens is 689 g/mol. The normalized spacial score (nSPS) is 13.5. The molecule has 1 aliphatic carbocycles. The van der Waals surface area contributed by atoms with Gasteiger partial charge >= 0.3 is 6.09 Å². The van der Waals surface area contributed by atoms with Crippen molar-refractivity contribution in [3.8, 4) is 22.1 Å². The number of thiophene rings is 1. The summed E-state index contributed by atoms with van der Waals surface area (Å²) < 4.78 is 46.1. The predicted molar refractivity (Wildman–Crippen MR) is 193 cm³/mol. The van der Waals surface area contributed by atoms with Gasteiger partial charge < -0.3 is 19.1 Å². The van der Waals surface area contributed by atoms with Crippen LogP contribution in [-0.2, 0) is 38.4 Å². The summed E-state index contributed by atoms with van der Waals surface area (Å²) in [6.07, 6.45) is 3.73. The fourth-order valence-electron chi connectivity index (χ4n) is 5.77. The molecule has 0 aliphatic heterocycles. The van der Waals surface area contributed by atoms with Gasteiger partial charge in [0.25, 0.3) is 0 Å². The number of amides is 1. The van der Waals surface area contributed by atoms with Crippen molar-refractivity contribution in [2.24, 2.45) is 5.41 Å². The minimum atomic E-state index is -1.07. The van der Waals surface area contributed by atoms with Crippen molar-refractivity contribution in [2.75, 3.05) is 20.3 Å². The molecular formula is C40H39F2N3O6S. The summed E-state index contributed by atoms with van der Waals surface area (Å²) in [4.78, 5) is 50.6. The molecule has 0 radical (unpaired) electrons. The van der Waals surface area contributed by atoms with Crippen LogP contribution >= 0.6 is 11.3 Å². The molecule has 270 valence electrons. The fraction of sp³-hybridized carbons (Fsp3) is 0.325. The second-order valence-corrected chi connectivity index (χ2v) is 14.9. The highest BCUT2D eigenvalue weighted by Crippen LogP contribution is 2.49. The molecule has 0 bridgehead atoms.